The Morgan fingerprint density at radius 3 is 2.71 bits per heavy atom. The van der Waals surface area contributed by atoms with Crippen LogP contribution in [0.3, 0.4) is 0 Å². The van der Waals surface area contributed by atoms with Gasteiger partial charge in [-0.15, -0.1) is 0 Å². The number of rotatable bonds is 9. The molecule has 28 heavy (non-hydrogen) atoms. The van der Waals surface area contributed by atoms with E-state index in [2.05, 4.69) is 21.6 Å². The van der Waals surface area contributed by atoms with Crippen LogP contribution >= 0.6 is 0 Å². The topological polar surface area (TPSA) is 83.8 Å². The van der Waals surface area contributed by atoms with E-state index in [1.165, 1.54) is 19.1 Å². The summed E-state index contributed by atoms with van der Waals surface area (Å²) in [6, 6.07) is 11.3. The molecule has 1 aliphatic rings. The van der Waals surface area contributed by atoms with Crippen molar-refractivity contribution in [2.24, 2.45) is 0 Å². The van der Waals surface area contributed by atoms with Crippen molar-refractivity contribution in [1.29, 1.82) is 0 Å². The van der Waals surface area contributed by atoms with Crippen LogP contribution in [-0.4, -0.2) is 50.0 Å². The Balaban J connectivity index is 1.51. The van der Waals surface area contributed by atoms with E-state index in [0.29, 0.717) is 6.54 Å². The molecule has 2 N–H and O–H groups in total. The molecule has 0 spiro atoms. The van der Waals surface area contributed by atoms with Crippen molar-refractivity contribution in [2.75, 3.05) is 33.3 Å². The van der Waals surface area contributed by atoms with E-state index >= 15 is 0 Å². The number of carbonyl (C=O) groups excluding carboxylic acids is 2. The highest BCUT2D eigenvalue weighted by molar-refractivity contribution is 5.91. The quantitative estimate of drug-likeness (QED) is 0.692. The van der Waals surface area contributed by atoms with Crippen molar-refractivity contribution in [3.05, 3.63) is 54.0 Å². The molecule has 7 nitrogen and oxygen atoms in total. The van der Waals surface area contributed by atoms with Gasteiger partial charge in [-0.05, 0) is 55.8 Å². The number of ether oxygens (including phenoxy) is 1. The fraction of sp³-hybridized carbons (Fsp3) is 0.429. The molecule has 1 unspecified atom stereocenters. The predicted octanol–water partition coefficient (Wildman–Crippen LogP) is 2.36. The van der Waals surface area contributed by atoms with E-state index in [4.69, 9.17) is 9.15 Å². The Labute approximate surface area is 165 Å². The van der Waals surface area contributed by atoms with Gasteiger partial charge in [0.25, 0.3) is 5.91 Å². The van der Waals surface area contributed by atoms with Crippen LogP contribution in [0.1, 0.15) is 41.4 Å². The van der Waals surface area contributed by atoms with Crippen LogP contribution in [0.5, 0.6) is 5.75 Å². The van der Waals surface area contributed by atoms with Gasteiger partial charge in [-0.1, -0.05) is 12.1 Å². The predicted molar refractivity (Wildman–Crippen MR) is 105 cm³/mol. The lowest BCUT2D eigenvalue weighted by molar-refractivity contribution is -0.121. The molecule has 0 bridgehead atoms. The average Bonchev–Trinajstić information content (AvgIpc) is 3.42. The van der Waals surface area contributed by atoms with Gasteiger partial charge in [0.05, 0.1) is 19.4 Å². The van der Waals surface area contributed by atoms with E-state index in [-0.39, 0.29) is 36.6 Å². The molecule has 0 radical (unpaired) electrons. The number of nitrogens with zero attached hydrogens (tertiary/aromatic N) is 1. The molecular formula is C21H27N3O4. The van der Waals surface area contributed by atoms with Crippen molar-refractivity contribution < 1.29 is 18.7 Å². The fourth-order valence-corrected chi connectivity index (χ4v) is 3.44. The van der Waals surface area contributed by atoms with Crippen LogP contribution in [0, 0.1) is 0 Å². The van der Waals surface area contributed by atoms with Crippen molar-refractivity contribution in [2.45, 2.75) is 25.3 Å². The molecule has 1 atom stereocenters. The van der Waals surface area contributed by atoms with Crippen molar-refractivity contribution >= 4 is 11.8 Å². The van der Waals surface area contributed by atoms with E-state index in [1.807, 2.05) is 18.2 Å². The Kier molecular flexibility index (Phi) is 7.08. The smallest absolute Gasteiger partial charge is 0.286 e. The fourth-order valence-electron chi connectivity index (χ4n) is 3.44. The SMILES string of the molecule is COc1cccc(C(CNC(=O)CCNC(=O)c2ccco2)N2CCCC2)c1. The summed E-state index contributed by atoms with van der Waals surface area (Å²) in [7, 11) is 1.66. The number of methoxy groups -OCH3 is 1. The van der Waals surface area contributed by atoms with E-state index < -0.39 is 0 Å². The Morgan fingerprint density at radius 2 is 2.00 bits per heavy atom. The first-order chi connectivity index (χ1) is 13.7. The average molecular weight is 385 g/mol. The van der Waals surface area contributed by atoms with Gasteiger partial charge in [-0.3, -0.25) is 14.5 Å². The maximum absolute atomic E-state index is 12.3. The first-order valence-electron chi connectivity index (χ1n) is 9.64. The molecule has 3 rings (SSSR count). The second-order valence-corrected chi connectivity index (χ2v) is 6.82. The normalized spacial score (nSPS) is 15.2. The van der Waals surface area contributed by atoms with Crippen LogP contribution in [0.15, 0.2) is 47.1 Å². The molecule has 1 saturated heterocycles. The second kappa shape index (κ2) is 9.94. The number of amides is 2. The lowest BCUT2D eigenvalue weighted by Gasteiger charge is -2.28. The molecule has 0 saturated carbocycles. The number of benzene rings is 1. The highest BCUT2D eigenvalue weighted by Crippen LogP contribution is 2.27. The maximum Gasteiger partial charge on any atom is 0.286 e. The molecule has 1 aromatic carbocycles. The third kappa shape index (κ3) is 5.36. The monoisotopic (exact) mass is 385 g/mol. The lowest BCUT2D eigenvalue weighted by Crippen LogP contribution is -2.38. The number of hydrogen-bond donors (Lipinski definition) is 2. The second-order valence-electron chi connectivity index (χ2n) is 6.82. The third-order valence-corrected chi connectivity index (χ3v) is 4.94. The van der Waals surface area contributed by atoms with Gasteiger partial charge < -0.3 is 19.8 Å². The number of furan rings is 1. The highest BCUT2D eigenvalue weighted by Gasteiger charge is 2.24. The summed E-state index contributed by atoms with van der Waals surface area (Å²) in [6.07, 6.45) is 4.01. The summed E-state index contributed by atoms with van der Waals surface area (Å²) in [5.41, 5.74) is 1.13. The summed E-state index contributed by atoms with van der Waals surface area (Å²) in [5.74, 6) is 0.650. The molecule has 1 aromatic heterocycles. The first-order valence-corrected chi connectivity index (χ1v) is 9.64. The van der Waals surface area contributed by atoms with Crippen molar-refractivity contribution in [3.63, 3.8) is 0 Å². The summed E-state index contributed by atoms with van der Waals surface area (Å²) in [4.78, 5) is 26.5. The number of likely N-dealkylation sites (tertiary alicyclic amines) is 1. The first kappa shape index (κ1) is 19.9. The molecule has 1 aliphatic heterocycles. The molecule has 150 valence electrons. The maximum atomic E-state index is 12.3. The minimum Gasteiger partial charge on any atom is -0.497 e. The standard InChI is InChI=1S/C21H27N3O4/c1-27-17-7-4-6-16(14-17)18(24-11-2-3-12-24)15-23-20(25)9-10-22-21(26)19-8-5-13-28-19/h4-8,13-14,18H,2-3,9-12,15H2,1H3,(H,22,26)(H,23,25). The summed E-state index contributed by atoms with van der Waals surface area (Å²) in [5, 5.41) is 5.69. The number of carbonyl (C=O) groups is 2. The van der Waals surface area contributed by atoms with Crippen LogP contribution in [0.25, 0.3) is 0 Å². The van der Waals surface area contributed by atoms with Gasteiger partial charge in [0.2, 0.25) is 5.91 Å². The molecule has 2 amide bonds. The number of nitrogens with one attached hydrogen (secondary N) is 2. The Hall–Kier alpha value is -2.80. The molecule has 7 heteroatoms. The summed E-state index contributed by atoms with van der Waals surface area (Å²) in [6.45, 7) is 2.84. The Bertz CT molecular complexity index is 770. The van der Waals surface area contributed by atoms with Crippen molar-refractivity contribution in [1.82, 2.24) is 15.5 Å². The van der Waals surface area contributed by atoms with Gasteiger partial charge in [0.15, 0.2) is 5.76 Å². The van der Waals surface area contributed by atoms with Gasteiger partial charge in [-0.2, -0.15) is 0 Å². The zero-order valence-electron chi connectivity index (χ0n) is 16.1. The summed E-state index contributed by atoms with van der Waals surface area (Å²) >= 11 is 0. The molecule has 2 heterocycles. The minimum atomic E-state index is -0.316. The molecule has 1 fully saturated rings. The van der Waals surface area contributed by atoms with E-state index in [0.717, 1.165) is 24.4 Å². The minimum absolute atomic E-state index is 0.0909. The van der Waals surface area contributed by atoms with Gasteiger partial charge in [0.1, 0.15) is 5.75 Å². The van der Waals surface area contributed by atoms with Gasteiger partial charge >= 0.3 is 0 Å². The molecule has 2 aromatic rings. The summed E-state index contributed by atoms with van der Waals surface area (Å²) < 4.78 is 10.4. The van der Waals surface area contributed by atoms with Crippen LogP contribution in [0.4, 0.5) is 0 Å². The number of hydrogen-bond acceptors (Lipinski definition) is 5. The molecule has 0 aliphatic carbocycles. The largest absolute Gasteiger partial charge is 0.497 e. The highest BCUT2D eigenvalue weighted by atomic mass is 16.5. The van der Waals surface area contributed by atoms with Gasteiger partial charge in [0, 0.05) is 19.5 Å². The zero-order valence-corrected chi connectivity index (χ0v) is 16.1. The van der Waals surface area contributed by atoms with E-state index in [1.54, 1.807) is 19.2 Å². The molecular weight excluding hydrogens is 358 g/mol. The van der Waals surface area contributed by atoms with Gasteiger partial charge in [-0.25, -0.2) is 0 Å². The zero-order chi connectivity index (χ0) is 19.8. The van der Waals surface area contributed by atoms with Crippen LogP contribution in [0.2, 0.25) is 0 Å². The Morgan fingerprint density at radius 1 is 1.18 bits per heavy atom. The lowest BCUT2D eigenvalue weighted by atomic mass is 10.0. The van der Waals surface area contributed by atoms with Crippen molar-refractivity contribution in [3.8, 4) is 5.75 Å². The van der Waals surface area contributed by atoms with E-state index in [9.17, 15) is 9.59 Å². The third-order valence-electron chi connectivity index (χ3n) is 4.94. The van der Waals surface area contributed by atoms with Crippen LogP contribution < -0.4 is 15.4 Å². The van der Waals surface area contributed by atoms with Crippen LogP contribution in [-0.2, 0) is 4.79 Å².